The van der Waals surface area contributed by atoms with Crippen LogP contribution in [0.1, 0.15) is 32.7 Å². The minimum absolute atomic E-state index is 0.00496. The minimum Gasteiger partial charge on any atom is -0.435 e. The number of halogens is 2. The van der Waals surface area contributed by atoms with Crippen molar-refractivity contribution in [3.63, 3.8) is 0 Å². The molecule has 2 aromatic carbocycles. The van der Waals surface area contributed by atoms with Crippen molar-refractivity contribution in [2.24, 2.45) is 0 Å². The van der Waals surface area contributed by atoms with E-state index in [0.29, 0.717) is 29.7 Å². The third-order valence-electron chi connectivity index (χ3n) is 5.14. The number of sulfonamides is 1. The van der Waals surface area contributed by atoms with Crippen LogP contribution in [0, 0.1) is 0 Å². The van der Waals surface area contributed by atoms with Gasteiger partial charge in [-0.05, 0) is 51.0 Å². The SMILES string of the molecule is CC(C)n1c(-c2ccc(NS(=O)(=O)C3CC3)cc2)c(N)c2ccc(OC(F)F)cc21. The van der Waals surface area contributed by atoms with E-state index in [1.165, 1.54) is 6.07 Å². The van der Waals surface area contributed by atoms with Crippen molar-refractivity contribution in [2.45, 2.75) is 44.6 Å². The number of alkyl halides is 2. The van der Waals surface area contributed by atoms with Gasteiger partial charge in [-0.1, -0.05) is 12.1 Å². The average molecular weight is 435 g/mol. The van der Waals surface area contributed by atoms with E-state index < -0.39 is 16.6 Å². The predicted molar refractivity (Wildman–Crippen MR) is 114 cm³/mol. The Morgan fingerprint density at radius 1 is 1.13 bits per heavy atom. The molecule has 1 aliphatic rings. The van der Waals surface area contributed by atoms with Gasteiger partial charge in [-0.3, -0.25) is 4.72 Å². The number of hydrogen-bond acceptors (Lipinski definition) is 4. The van der Waals surface area contributed by atoms with E-state index >= 15 is 0 Å². The molecule has 0 unspecified atom stereocenters. The molecule has 0 amide bonds. The number of nitrogens with zero attached hydrogens (tertiary/aromatic N) is 1. The van der Waals surface area contributed by atoms with Gasteiger partial charge >= 0.3 is 6.61 Å². The highest BCUT2D eigenvalue weighted by Crippen LogP contribution is 2.40. The summed E-state index contributed by atoms with van der Waals surface area (Å²) >= 11 is 0. The summed E-state index contributed by atoms with van der Waals surface area (Å²) in [4.78, 5) is 0. The number of aromatic nitrogens is 1. The monoisotopic (exact) mass is 435 g/mol. The predicted octanol–water partition coefficient (Wildman–Crippen LogP) is 4.98. The molecule has 0 bridgehead atoms. The first kappa shape index (κ1) is 20.5. The minimum atomic E-state index is -3.34. The van der Waals surface area contributed by atoms with E-state index in [-0.39, 0.29) is 17.0 Å². The van der Waals surface area contributed by atoms with E-state index in [4.69, 9.17) is 5.73 Å². The first-order valence-electron chi connectivity index (χ1n) is 9.67. The number of ether oxygens (including phenoxy) is 1. The van der Waals surface area contributed by atoms with Gasteiger partial charge in [-0.2, -0.15) is 8.78 Å². The molecule has 1 heterocycles. The van der Waals surface area contributed by atoms with E-state index in [1.54, 1.807) is 36.4 Å². The Labute approximate surface area is 173 Å². The van der Waals surface area contributed by atoms with Gasteiger partial charge in [0.05, 0.1) is 22.1 Å². The molecule has 0 radical (unpaired) electrons. The maximum Gasteiger partial charge on any atom is 0.387 e. The van der Waals surface area contributed by atoms with E-state index in [2.05, 4.69) is 9.46 Å². The number of nitrogens with one attached hydrogen (secondary N) is 1. The van der Waals surface area contributed by atoms with Crippen LogP contribution in [0.5, 0.6) is 5.75 Å². The van der Waals surface area contributed by atoms with Gasteiger partial charge in [-0.15, -0.1) is 0 Å². The Morgan fingerprint density at radius 2 is 1.80 bits per heavy atom. The van der Waals surface area contributed by atoms with Gasteiger partial charge in [0.1, 0.15) is 5.75 Å². The van der Waals surface area contributed by atoms with Gasteiger partial charge in [0.15, 0.2) is 0 Å². The Bertz CT molecular complexity index is 1180. The van der Waals surface area contributed by atoms with E-state index in [9.17, 15) is 17.2 Å². The molecule has 3 N–H and O–H groups in total. The van der Waals surface area contributed by atoms with Crippen molar-refractivity contribution in [1.82, 2.24) is 4.57 Å². The highest BCUT2D eigenvalue weighted by atomic mass is 32.2. The van der Waals surface area contributed by atoms with Gasteiger partial charge in [-0.25, -0.2) is 8.42 Å². The summed E-state index contributed by atoms with van der Waals surface area (Å²) in [5.74, 6) is 0.0632. The third-order valence-corrected chi connectivity index (χ3v) is 7.01. The topological polar surface area (TPSA) is 86.4 Å². The van der Waals surface area contributed by atoms with Crippen LogP contribution in [0.3, 0.4) is 0 Å². The lowest BCUT2D eigenvalue weighted by Crippen LogP contribution is -2.17. The summed E-state index contributed by atoms with van der Waals surface area (Å²) in [7, 11) is -3.34. The molecule has 0 aliphatic heterocycles. The fraction of sp³-hybridized carbons (Fsp3) is 0.333. The second kappa shape index (κ2) is 7.46. The zero-order chi connectivity index (χ0) is 21.6. The lowest BCUT2D eigenvalue weighted by molar-refractivity contribution is -0.0497. The number of nitrogens with two attached hydrogens (primary N) is 1. The number of rotatable bonds is 7. The smallest absolute Gasteiger partial charge is 0.387 e. The molecule has 0 saturated heterocycles. The first-order chi connectivity index (χ1) is 14.2. The lowest BCUT2D eigenvalue weighted by atomic mass is 10.1. The maximum absolute atomic E-state index is 12.6. The molecule has 0 spiro atoms. The molecule has 9 heteroatoms. The number of anilines is 2. The lowest BCUT2D eigenvalue weighted by Gasteiger charge is -2.16. The van der Waals surface area contributed by atoms with Crippen molar-refractivity contribution in [3.05, 3.63) is 42.5 Å². The molecule has 1 aliphatic carbocycles. The third kappa shape index (κ3) is 3.81. The van der Waals surface area contributed by atoms with Crippen LogP contribution in [0.4, 0.5) is 20.2 Å². The zero-order valence-corrected chi connectivity index (χ0v) is 17.4. The van der Waals surface area contributed by atoms with Crippen molar-refractivity contribution < 1.29 is 21.9 Å². The van der Waals surface area contributed by atoms with E-state index in [0.717, 1.165) is 16.6 Å². The summed E-state index contributed by atoms with van der Waals surface area (Å²) < 4.78 is 58.7. The number of nitrogen functional groups attached to an aromatic ring is 1. The van der Waals surface area contributed by atoms with Crippen LogP contribution in [0.25, 0.3) is 22.2 Å². The quantitative estimate of drug-likeness (QED) is 0.548. The molecule has 4 rings (SSSR count). The maximum atomic E-state index is 12.6. The van der Waals surface area contributed by atoms with Crippen LogP contribution in [0.15, 0.2) is 42.5 Å². The van der Waals surface area contributed by atoms with Crippen LogP contribution >= 0.6 is 0 Å². The largest absolute Gasteiger partial charge is 0.435 e. The molecule has 6 nitrogen and oxygen atoms in total. The molecule has 1 saturated carbocycles. The highest BCUT2D eigenvalue weighted by Gasteiger charge is 2.35. The average Bonchev–Trinajstić information content (AvgIpc) is 3.48. The standard InChI is InChI=1S/C21H23F2N3O3S/c1-12(2)26-18-11-15(29-21(22)23)7-10-17(18)19(24)20(26)13-3-5-14(6-4-13)25-30(27,28)16-8-9-16/h3-7,10-12,16,21,25H,8-9,24H2,1-2H3. The fourth-order valence-electron chi connectivity index (χ4n) is 3.65. The second-order valence-electron chi connectivity index (χ2n) is 7.71. The van der Waals surface area contributed by atoms with Crippen molar-refractivity contribution >= 4 is 32.3 Å². The van der Waals surface area contributed by atoms with Gasteiger partial charge < -0.3 is 15.0 Å². The van der Waals surface area contributed by atoms with Crippen LogP contribution in [-0.2, 0) is 10.0 Å². The Balaban J connectivity index is 1.76. The molecule has 30 heavy (non-hydrogen) atoms. The first-order valence-corrected chi connectivity index (χ1v) is 11.2. The molecule has 3 aromatic rings. The molecular formula is C21H23F2N3O3S. The number of hydrogen-bond donors (Lipinski definition) is 2. The van der Waals surface area contributed by atoms with Gasteiger partial charge in [0.2, 0.25) is 10.0 Å². The number of benzene rings is 2. The molecule has 1 fully saturated rings. The molecule has 1 aromatic heterocycles. The normalized spacial score (nSPS) is 14.6. The van der Waals surface area contributed by atoms with Crippen molar-refractivity contribution in [3.8, 4) is 17.0 Å². The summed E-state index contributed by atoms with van der Waals surface area (Å²) in [6.45, 7) is 1.04. The second-order valence-corrected chi connectivity index (χ2v) is 9.67. The molecular weight excluding hydrogens is 412 g/mol. The Kier molecular flexibility index (Phi) is 5.09. The van der Waals surface area contributed by atoms with Gasteiger partial charge in [0.25, 0.3) is 0 Å². The van der Waals surface area contributed by atoms with Crippen molar-refractivity contribution in [2.75, 3.05) is 10.5 Å². The van der Waals surface area contributed by atoms with Crippen LogP contribution in [-0.4, -0.2) is 24.8 Å². The van der Waals surface area contributed by atoms with E-state index in [1.807, 2.05) is 18.4 Å². The fourth-order valence-corrected chi connectivity index (χ4v) is 5.03. The molecule has 0 atom stereocenters. The van der Waals surface area contributed by atoms with Crippen molar-refractivity contribution in [1.29, 1.82) is 0 Å². The number of fused-ring (bicyclic) bond motifs is 1. The molecule has 160 valence electrons. The van der Waals surface area contributed by atoms with Crippen LogP contribution < -0.4 is 15.2 Å². The summed E-state index contributed by atoms with van der Waals surface area (Å²) in [5, 5.41) is 0.430. The Hall–Kier alpha value is -2.81. The zero-order valence-electron chi connectivity index (χ0n) is 16.6. The summed E-state index contributed by atoms with van der Waals surface area (Å²) in [6, 6.07) is 11.7. The van der Waals surface area contributed by atoms with Crippen LogP contribution in [0.2, 0.25) is 0 Å². The summed E-state index contributed by atoms with van der Waals surface area (Å²) in [6.07, 6.45) is 1.38. The highest BCUT2D eigenvalue weighted by molar-refractivity contribution is 7.93. The summed E-state index contributed by atoms with van der Waals surface area (Å²) in [5.41, 5.74) is 9.66. The Morgan fingerprint density at radius 3 is 2.37 bits per heavy atom. The van der Waals surface area contributed by atoms with Gasteiger partial charge in [0, 0.05) is 28.7 Å².